The van der Waals surface area contributed by atoms with Gasteiger partial charge in [0.05, 0.1) is 0 Å². The normalized spacial score (nSPS) is 8.80. The van der Waals surface area contributed by atoms with Gasteiger partial charge in [0.1, 0.15) is 17.6 Å². The fraction of sp³-hybridized carbons (Fsp3) is 0. The van der Waals surface area contributed by atoms with Crippen molar-refractivity contribution in [2.24, 2.45) is 0 Å². The van der Waals surface area contributed by atoms with Gasteiger partial charge in [-0.15, -0.1) is 0 Å². The van der Waals surface area contributed by atoms with Crippen LogP contribution in [0.5, 0.6) is 0 Å². The fourth-order valence-corrected chi connectivity index (χ4v) is 0.681. The minimum Gasteiger partial charge on any atom is -0.384 e. The van der Waals surface area contributed by atoms with E-state index in [1.165, 1.54) is 6.07 Å². The van der Waals surface area contributed by atoms with Gasteiger partial charge in [0.2, 0.25) is 5.28 Å². The van der Waals surface area contributed by atoms with Crippen LogP contribution in [0, 0.1) is 11.3 Å². The molecule has 50 valence electrons. The first-order chi connectivity index (χ1) is 4.72. The van der Waals surface area contributed by atoms with Crippen molar-refractivity contribution >= 4 is 17.4 Å². The third-order valence-electron chi connectivity index (χ3n) is 0.833. The molecular weight excluding hydrogens is 152 g/mol. The van der Waals surface area contributed by atoms with Gasteiger partial charge in [-0.3, -0.25) is 0 Å². The summed E-state index contributed by atoms with van der Waals surface area (Å²) in [6, 6.07) is 3.15. The summed E-state index contributed by atoms with van der Waals surface area (Å²) in [4.78, 5) is 7.13. The molecule has 0 saturated carbocycles. The number of halogens is 1. The predicted molar refractivity (Wildman–Crippen MR) is 36.2 cm³/mol. The summed E-state index contributed by atoms with van der Waals surface area (Å²) in [6.07, 6.45) is 0. The molecule has 2 N–H and O–H groups in total. The van der Waals surface area contributed by atoms with Crippen LogP contribution in [-0.2, 0) is 0 Å². The number of anilines is 1. The Kier molecular flexibility index (Phi) is 1.69. The van der Waals surface area contributed by atoms with E-state index in [1.54, 1.807) is 6.07 Å². The lowest BCUT2D eigenvalue weighted by molar-refractivity contribution is 1.15. The number of aromatic nitrogens is 2. The minimum atomic E-state index is -0.00319. The van der Waals surface area contributed by atoms with Crippen LogP contribution in [0.3, 0.4) is 0 Å². The Morgan fingerprint density at radius 2 is 2.30 bits per heavy atom. The van der Waals surface area contributed by atoms with E-state index in [1.807, 2.05) is 0 Å². The lowest BCUT2D eigenvalue weighted by Crippen LogP contribution is -1.94. The summed E-state index contributed by atoms with van der Waals surface area (Å²) in [7, 11) is 0. The maximum absolute atomic E-state index is 8.33. The molecule has 1 rings (SSSR count). The molecule has 1 heterocycles. The minimum absolute atomic E-state index is 0.00319. The summed E-state index contributed by atoms with van der Waals surface area (Å²) in [5.74, 6) is 0.205. The van der Waals surface area contributed by atoms with Gasteiger partial charge in [0.15, 0.2) is 0 Å². The molecule has 4 nitrogen and oxygen atoms in total. The molecule has 0 radical (unpaired) electrons. The molecule has 0 spiro atoms. The van der Waals surface area contributed by atoms with Crippen molar-refractivity contribution in [2.45, 2.75) is 0 Å². The van der Waals surface area contributed by atoms with Gasteiger partial charge in [0.25, 0.3) is 0 Å². The Morgan fingerprint density at radius 3 is 2.80 bits per heavy atom. The Labute approximate surface area is 62.3 Å². The Hall–Kier alpha value is -1.34. The van der Waals surface area contributed by atoms with Gasteiger partial charge in [0, 0.05) is 6.07 Å². The summed E-state index contributed by atoms with van der Waals surface area (Å²) >= 11 is 5.38. The second kappa shape index (κ2) is 2.50. The van der Waals surface area contributed by atoms with Crippen LogP contribution >= 0.6 is 11.6 Å². The third kappa shape index (κ3) is 1.33. The summed E-state index contributed by atoms with van der Waals surface area (Å²) in [5.41, 5.74) is 5.43. The molecule has 0 aliphatic heterocycles. The van der Waals surface area contributed by atoms with E-state index < -0.39 is 0 Å². The molecule has 0 saturated heterocycles. The number of rotatable bonds is 0. The molecule has 0 unspecified atom stereocenters. The second-order valence-electron chi connectivity index (χ2n) is 1.56. The van der Waals surface area contributed by atoms with Crippen molar-refractivity contribution in [1.29, 1.82) is 5.26 Å². The van der Waals surface area contributed by atoms with Gasteiger partial charge in [-0.2, -0.15) is 5.26 Å². The second-order valence-corrected chi connectivity index (χ2v) is 1.90. The van der Waals surface area contributed by atoms with E-state index in [4.69, 9.17) is 22.6 Å². The van der Waals surface area contributed by atoms with Crippen molar-refractivity contribution in [3.8, 4) is 6.07 Å². The van der Waals surface area contributed by atoms with Crippen molar-refractivity contribution < 1.29 is 0 Å². The van der Waals surface area contributed by atoms with E-state index in [-0.39, 0.29) is 16.8 Å². The molecule has 0 fully saturated rings. The largest absolute Gasteiger partial charge is 0.384 e. The molecular formula is C5H3ClN4. The average Bonchev–Trinajstić information content (AvgIpc) is 1.85. The predicted octanol–water partition coefficient (Wildman–Crippen LogP) is 0.584. The van der Waals surface area contributed by atoms with Crippen LogP contribution in [0.2, 0.25) is 5.28 Å². The monoisotopic (exact) mass is 154 g/mol. The lowest BCUT2D eigenvalue weighted by atomic mass is 10.4. The molecule has 0 amide bonds. The maximum Gasteiger partial charge on any atom is 0.225 e. The molecule has 0 aliphatic carbocycles. The highest BCUT2D eigenvalue weighted by atomic mass is 35.5. The molecule has 1 aromatic heterocycles. The third-order valence-corrected chi connectivity index (χ3v) is 1.00. The van der Waals surface area contributed by atoms with Gasteiger partial charge >= 0.3 is 0 Å². The van der Waals surface area contributed by atoms with Gasteiger partial charge in [-0.05, 0) is 11.6 Å². The molecule has 1 aromatic rings. The molecule has 0 aliphatic rings. The first-order valence-corrected chi connectivity index (χ1v) is 2.80. The van der Waals surface area contributed by atoms with E-state index in [2.05, 4.69) is 9.97 Å². The molecule has 0 bridgehead atoms. The average molecular weight is 155 g/mol. The Bertz CT molecular complexity index is 270. The highest BCUT2D eigenvalue weighted by Gasteiger charge is 1.96. The standard InChI is InChI=1S/C5H3ClN4/c6-5-9-3(2-7)1-4(8)10-5/h1H,(H2,8,9,10). The number of nitrogens with two attached hydrogens (primary N) is 1. The number of nitriles is 1. The molecule has 0 atom stereocenters. The van der Waals surface area contributed by atoms with E-state index in [0.29, 0.717) is 0 Å². The van der Waals surface area contributed by atoms with Crippen molar-refractivity contribution in [1.82, 2.24) is 9.97 Å². The van der Waals surface area contributed by atoms with E-state index in [9.17, 15) is 0 Å². The number of nitrogen functional groups attached to an aromatic ring is 1. The Balaban J connectivity index is 3.22. The zero-order valence-corrected chi connectivity index (χ0v) is 5.63. The Morgan fingerprint density at radius 1 is 1.60 bits per heavy atom. The number of hydrogen-bond donors (Lipinski definition) is 1. The van der Waals surface area contributed by atoms with E-state index >= 15 is 0 Å². The van der Waals surface area contributed by atoms with Crippen LogP contribution in [0.25, 0.3) is 0 Å². The van der Waals surface area contributed by atoms with Crippen LogP contribution in [0.15, 0.2) is 6.07 Å². The van der Waals surface area contributed by atoms with E-state index in [0.717, 1.165) is 0 Å². The smallest absolute Gasteiger partial charge is 0.225 e. The van der Waals surface area contributed by atoms with Crippen LogP contribution in [0.4, 0.5) is 5.82 Å². The number of nitrogens with zero attached hydrogens (tertiary/aromatic N) is 3. The van der Waals surface area contributed by atoms with Crippen LogP contribution in [-0.4, -0.2) is 9.97 Å². The molecule has 10 heavy (non-hydrogen) atoms. The lowest BCUT2D eigenvalue weighted by Gasteiger charge is -1.91. The van der Waals surface area contributed by atoms with Crippen molar-refractivity contribution in [2.75, 3.05) is 5.73 Å². The number of hydrogen-bond acceptors (Lipinski definition) is 4. The van der Waals surface area contributed by atoms with Crippen LogP contribution in [0.1, 0.15) is 5.69 Å². The van der Waals surface area contributed by atoms with Crippen molar-refractivity contribution in [3.63, 3.8) is 0 Å². The van der Waals surface area contributed by atoms with Gasteiger partial charge in [-0.25, -0.2) is 9.97 Å². The van der Waals surface area contributed by atoms with Crippen LogP contribution < -0.4 is 5.73 Å². The topological polar surface area (TPSA) is 75.6 Å². The molecule has 5 heteroatoms. The summed E-state index contributed by atoms with van der Waals surface area (Å²) < 4.78 is 0. The highest BCUT2D eigenvalue weighted by molar-refractivity contribution is 6.28. The van der Waals surface area contributed by atoms with Gasteiger partial charge in [-0.1, -0.05) is 0 Å². The first kappa shape index (κ1) is 6.78. The zero-order valence-electron chi connectivity index (χ0n) is 4.87. The molecule has 0 aromatic carbocycles. The maximum atomic E-state index is 8.33. The first-order valence-electron chi connectivity index (χ1n) is 2.42. The SMILES string of the molecule is N#Cc1cc(N)nc(Cl)n1. The zero-order chi connectivity index (χ0) is 7.56. The highest BCUT2D eigenvalue weighted by Crippen LogP contribution is 2.05. The fourth-order valence-electron chi connectivity index (χ4n) is 0.493. The van der Waals surface area contributed by atoms with Crippen molar-refractivity contribution in [3.05, 3.63) is 17.0 Å². The van der Waals surface area contributed by atoms with Gasteiger partial charge < -0.3 is 5.73 Å². The summed E-state index contributed by atoms with van der Waals surface area (Å²) in [6.45, 7) is 0. The summed E-state index contributed by atoms with van der Waals surface area (Å²) in [5, 5.41) is 8.33. The quantitative estimate of drug-likeness (QED) is 0.555.